The highest BCUT2D eigenvalue weighted by molar-refractivity contribution is 7.96. The van der Waals surface area contributed by atoms with Gasteiger partial charge < -0.3 is 10.1 Å². The van der Waals surface area contributed by atoms with Crippen LogP contribution in [0, 0.1) is 5.92 Å². The highest BCUT2D eigenvalue weighted by atomic mass is 32.2. The van der Waals surface area contributed by atoms with Gasteiger partial charge in [-0.3, -0.25) is 4.79 Å². The Morgan fingerprint density at radius 3 is 2.21 bits per heavy atom. The lowest BCUT2D eigenvalue weighted by Crippen LogP contribution is -2.47. The van der Waals surface area contributed by atoms with Crippen LogP contribution in [0.2, 0.25) is 0 Å². The average Bonchev–Trinajstić information content (AvgIpc) is 3.02. The molecule has 0 fully saturated rings. The number of ether oxygens (including phenoxy) is 1. The summed E-state index contributed by atoms with van der Waals surface area (Å²) in [4.78, 5) is 25.8. The maximum absolute atomic E-state index is 13.4. The molecule has 1 N–H and O–H groups in total. The lowest BCUT2D eigenvalue weighted by Gasteiger charge is -2.27. The van der Waals surface area contributed by atoms with Crippen LogP contribution in [0.3, 0.4) is 0 Å². The van der Waals surface area contributed by atoms with Crippen LogP contribution < -0.4 is 5.32 Å². The molecule has 8 nitrogen and oxygen atoms in total. The first-order valence-electron chi connectivity index (χ1n) is 10.8. The van der Waals surface area contributed by atoms with E-state index in [-0.39, 0.29) is 26.8 Å². The van der Waals surface area contributed by atoms with Crippen molar-refractivity contribution in [2.45, 2.75) is 61.3 Å². The molecule has 2 unspecified atom stereocenters. The molecule has 2 atom stereocenters. The first kappa shape index (κ1) is 25.9. The summed E-state index contributed by atoms with van der Waals surface area (Å²) in [7, 11) is -8.05. The molecule has 0 spiro atoms. The number of sulfone groups is 2. The van der Waals surface area contributed by atoms with Crippen LogP contribution in [-0.4, -0.2) is 46.1 Å². The van der Waals surface area contributed by atoms with E-state index in [1.54, 1.807) is 52.8 Å². The fraction of sp³-hybridized carbons (Fsp3) is 0.417. The number of hydrogen-bond donors (Lipinski definition) is 1. The van der Waals surface area contributed by atoms with Gasteiger partial charge in [-0.1, -0.05) is 38.1 Å². The van der Waals surface area contributed by atoms with Crippen molar-refractivity contribution in [3.8, 4) is 0 Å². The number of benzene rings is 2. The van der Waals surface area contributed by atoms with Gasteiger partial charge in [0.25, 0.3) is 5.91 Å². The first-order valence-corrected chi connectivity index (χ1v) is 14.0. The molecule has 0 saturated heterocycles. The Morgan fingerprint density at radius 2 is 1.65 bits per heavy atom. The van der Waals surface area contributed by atoms with E-state index in [9.17, 15) is 26.4 Å². The van der Waals surface area contributed by atoms with Crippen LogP contribution in [0.25, 0.3) is 0 Å². The molecule has 0 aromatic heterocycles. The number of nitrogens with one attached hydrogen (secondary N) is 1. The molecule has 10 heteroatoms. The number of carbonyl (C=O) groups is 2. The molecule has 0 radical (unpaired) electrons. The molecule has 34 heavy (non-hydrogen) atoms. The molecule has 0 bridgehead atoms. The van der Waals surface area contributed by atoms with E-state index in [2.05, 4.69) is 5.32 Å². The number of hydrogen-bond acceptors (Lipinski definition) is 7. The average molecular weight is 508 g/mol. The molecule has 2 aromatic carbocycles. The summed E-state index contributed by atoms with van der Waals surface area (Å²) in [6, 6.07) is 10.6. The summed E-state index contributed by atoms with van der Waals surface area (Å²) >= 11 is 0. The predicted molar refractivity (Wildman–Crippen MR) is 127 cm³/mol. The SMILES string of the molecule is CC(C)C(NC(=O)c1cccc2c1C(S(=O)(=O)c1ccccc1)CS2(=O)=O)C(=O)OC(C)(C)C. The summed E-state index contributed by atoms with van der Waals surface area (Å²) in [5.41, 5.74) is -0.945. The zero-order chi connectivity index (χ0) is 25.5. The maximum Gasteiger partial charge on any atom is 0.329 e. The minimum Gasteiger partial charge on any atom is -0.458 e. The smallest absolute Gasteiger partial charge is 0.329 e. The van der Waals surface area contributed by atoms with Gasteiger partial charge in [0.05, 0.1) is 15.5 Å². The number of fused-ring (bicyclic) bond motifs is 1. The van der Waals surface area contributed by atoms with Crippen LogP contribution in [0.4, 0.5) is 0 Å². The number of esters is 1. The van der Waals surface area contributed by atoms with Crippen molar-refractivity contribution in [1.82, 2.24) is 5.32 Å². The van der Waals surface area contributed by atoms with E-state index < -0.39 is 54.2 Å². The molecule has 3 rings (SSSR count). The summed E-state index contributed by atoms with van der Waals surface area (Å²) < 4.78 is 57.9. The van der Waals surface area contributed by atoms with Crippen molar-refractivity contribution in [3.63, 3.8) is 0 Å². The minimum absolute atomic E-state index is 0.0351. The lowest BCUT2D eigenvalue weighted by molar-refractivity contribution is -0.158. The van der Waals surface area contributed by atoms with Gasteiger partial charge in [0, 0.05) is 11.1 Å². The van der Waals surface area contributed by atoms with E-state index in [0.29, 0.717) is 0 Å². The first-order chi connectivity index (χ1) is 15.6. The highest BCUT2D eigenvalue weighted by Crippen LogP contribution is 2.43. The normalized spacial score (nSPS) is 18.2. The van der Waals surface area contributed by atoms with Crippen molar-refractivity contribution in [2.24, 2.45) is 5.92 Å². The molecule has 1 aliphatic heterocycles. The monoisotopic (exact) mass is 507 g/mol. The van der Waals surface area contributed by atoms with Crippen LogP contribution in [0.15, 0.2) is 58.3 Å². The molecule has 1 heterocycles. The van der Waals surface area contributed by atoms with Gasteiger partial charge in [0.15, 0.2) is 19.7 Å². The van der Waals surface area contributed by atoms with E-state index in [1.807, 2.05) is 0 Å². The third kappa shape index (κ3) is 5.17. The summed E-state index contributed by atoms with van der Waals surface area (Å²) in [6.45, 7) is 8.59. The van der Waals surface area contributed by atoms with Crippen LogP contribution in [0.1, 0.15) is 55.8 Å². The molecule has 0 aliphatic carbocycles. The van der Waals surface area contributed by atoms with E-state index in [0.717, 1.165) is 0 Å². The Kier molecular flexibility index (Phi) is 6.96. The molecular formula is C24H29NO7S2. The van der Waals surface area contributed by atoms with Crippen molar-refractivity contribution >= 4 is 31.6 Å². The van der Waals surface area contributed by atoms with Gasteiger partial charge >= 0.3 is 5.97 Å². The van der Waals surface area contributed by atoms with Crippen molar-refractivity contribution in [3.05, 3.63) is 59.7 Å². The van der Waals surface area contributed by atoms with Crippen LogP contribution in [0.5, 0.6) is 0 Å². The van der Waals surface area contributed by atoms with E-state index >= 15 is 0 Å². The van der Waals surface area contributed by atoms with Crippen molar-refractivity contribution < 1.29 is 31.2 Å². The van der Waals surface area contributed by atoms with Gasteiger partial charge in [-0.25, -0.2) is 21.6 Å². The molecule has 2 aromatic rings. The summed E-state index contributed by atoms with van der Waals surface area (Å²) in [5, 5.41) is 1.17. The van der Waals surface area contributed by atoms with Gasteiger partial charge in [-0.2, -0.15) is 0 Å². The molecular weight excluding hydrogens is 478 g/mol. The Hall–Kier alpha value is -2.72. The van der Waals surface area contributed by atoms with E-state index in [4.69, 9.17) is 4.74 Å². The van der Waals surface area contributed by atoms with Gasteiger partial charge in [0.1, 0.15) is 16.9 Å². The maximum atomic E-state index is 13.4. The Bertz CT molecular complexity index is 1310. The fourth-order valence-electron chi connectivity index (χ4n) is 3.82. The van der Waals surface area contributed by atoms with Crippen molar-refractivity contribution in [2.75, 3.05) is 5.75 Å². The largest absolute Gasteiger partial charge is 0.458 e. The summed E-state index contributed by atoms with van der Waals surface area (Å²) in [6.07, 6.45) is 0. The molecule has 184 valence electrons. The standard InChI is InChI=1S/C24H29NO7S2/c1-15(2)21(23(27)32-24(3,4)5)25-22(26)17-12-9-13-18-20(17)19(14-33(18,28)29)34(30,31)16-10-7-6-8-11-16/h6-13,15,19,21H,14H2,1-5H3,(H,25,26). The fourth-order valence-corrected chi connectivity index (χ4v) is 8.19. The van der Waals surface area contributed by atoms with E-state index in [1.165, 1.54) is 30.3 Å². The number of amides is 1. The third-order valence-corrected chi connectivity index (χ3v) is 9.49. The second-order valence-corrected chi connectivity index (χ2v) is 13.7. The number of carbonyl (C=O) groups excluding carboxylic acids is 2. The zero-order valence-electron chi connectivity index (χ0n) is 19.7. The Labute approximate surface area is 200 Å². The molecule has 1 aliphatic rings. The zero-order valence-corrected chi connectivity index (χ0v) is 21.4. The van der Waals surface area contributed by atoms with Crippen LogP contribution in [-0.2, 0) is 29.2 Å². The topological polar surface area (TPSA) is 124 Å². The van der Waals surface area contributed by atoms with Gasteiger partial charge in [-0.15, -0.1) is 0 Å². The third-order valence-electron chi connectivity index (χ3n) is 5.40. The predicted octanol–water partition coefficient (Wildman–Crippen LogP) is 3.09. The number of rotatable bonds is 6. The highest BCUT2D eigenvalue weighted by Gasteiger charge is 2.45. The quantitative estimate of drug-likeness (QED) is 0.596. The molecule has 1 amide bonds. The second-order valence-electron chi connectivity index (χ2n) is 9.57. The minimum atomic E-state index is -4.12. The van der Waals surface area contributed by atoms with Gasteiger partial charge in [0.2, 0.25) is 0 Å². The Balaban J connectivity index is 2.06. The Morgan fingerprint density at radius 1 is 1.03 bits per heavy atom. The summed E-state index contributed by atoms with van der Waals surface area (Å²) in [5.74, 6) is -2.37. The second kappa shape index (κ2) is 9.14. The van der Waals surface area contributed by atoms with Crippen molar-refractivity contribution in [1.29, 1.82) is 0 Å². The molecule has 0 saturated carbocycles. The van der Waals surface area contributed by atoms with Crippen LogP contribution >= 0.6 is 0 Å². The lowest BCUT2D eigenvalue weighted by atomic mass is 10.0. The van der Waals surface area contributed by atoms with Gasteiger partial charge in [-0.05, 0) is 51.0 Å².